The summed E-state index contributed by atoms with van der Waals surface area (Å²) in [5.74, 6) is 0. The smallest absolute Gasteiger partial charge is 0.103 e. The Morgan fingerprint density at radius 2 is 1.43 bits per heavy atom. The molecule has 4 nitrogen and oxygen atoms in total. The van der Waals surface area contributed by atoms with Gasteiger partial charge in [-0.1, -0.05) is 42.5 Å². The van der Waals surface area contributed by atoms with Crippen molar-refractivity contribution in [1.29, 1.82) is 10.5 Å². The summed E-state index contributed by atoms with van der Waals surface area (Å²) in [6.45, 7) is 4.23. The Labute approximate surface area is 165 Å². The fourth-order valence-electron chi connectivity index (χ4n) is 3.82. The topological polar surface area (TPSA) is 54.1 Å². The minimum atomic E-state index is 0.0696. The molecular weight excluding hydrogens is 344 g/mol. The summed E-state index contributed by atoms with van der Waals surface area (Å²) in [6, 6.07) is 24.7. The first-order valence-electron chi connectivity index (χ1n) is 9.21. The van der Waals surface area contributed by atoms with Gasteiger partial charge in [0.05, 0.1) is 22.5 Å². The number of fused-ring (bicyclic) bond motifs is 1. The molecule has 0 spiro atoms. The van der Waals surface area contributed by atoms with Crippen LogP contribution in [0.3, 0.4) is 0 Å². The second-order valence-electron chi connectivity index (χ2n) is 7.09. The van der Waals surface area contributed by atoms with E-state index in [-0.39, 0.29) is 6.17 Å². The lowest BCUT2D eigenvalue weighted by Crippen LogP contribution is -2.35. The van der Waals surface area contributed by atoms with Gasteiger partial charge in [0, 0.05) is 12.7 Å². The van der Waals surface area contributed by atoms with Crippen LogP contribution in [0.4, 0.5) is 17.1 Å². The van der Waals surface area contributed by atoms with Crippen LogP contribution in [0.5, 0.6) is 0 Å². The van der Waals surface area contributed by atoms with Crippen molar-refractivity contribution in [2.45, 2.75) is 20.0 Å². The Morgan fingerprint density at radius 3 is 2.07 bits per heavy atom. The summed E-state index contributed by atoms with van der Waals surface area (Å²) in [6.07, 6.45) is 0.0696. The summed E-state index contributed by atoms with van der Waals surface area (Å²) < 4.78 is 0. The van der Waals surface area contributed by atoms with E-state index in [1.165, 1.54) is 5.56 Å². The van der Waals surface area contributed by atoms with E-state index in [0.717, 1.165) is 28.2 Å². The molecule has 1 atom stereocenters. The first-order chi connectivity index (χ1) is 13.5. The van der Waals surface area contributed by atoms with Crippen LogP contribution in [0, 0.1) is 29.6 Å². The molecule has 0 amide bonds. The van der Waals surface area contributed by atoms with Crippen LogP contribution >= 0.6 is 0 Å². The van der Waals surface area contributed by atoms with Crippen molar-refractivity contribution >= 4 is 17.1 Å². The monoisotopic (exact) mass is 364 g/mol. The fourth-order valence-corrected chi connectivity index (χ4v) is 3.82. The van der Waals surface area contributed by atoms with Gasteiger partial charge in [-0.15, -0.1) is 0 Å². The number of aryl methyl sites for hydroxylation is 1. The molecule has 0 aromatic heterocycles. The maximum absolute atomic E-state index is 9.48. The minimum Gasteiger partial charge on any atom is -0.352 e. The molecular formula is C24H20N4. The third-order valence-corrected chi connectivity index (χ3v) is 5.51. The van der Waals surface area contributed by atoms with Crippen LogP contribution in [0.2, 0.25) is 0 Å². The number of anilines is 3. The molecule has 0 saturated heterocycles. The molecule has 0 fully saturated rings. The average Bonchev–Trinajstić information content (AvgIpc) is 2.97. The van der Waals surface area contributed by atoms with Crippen LogP contribution in [0.1, 0.15) is 23.6 Å². The number of rotatable bonds is 2. The molecule has 4 heteroatoms. The van der Waals surface area contributed by atoms with Crippen LogP contribution in [0.25, 0.3) is 11.1 Å². The molecule has 136 valence electrons. The Balaban J connectivity index is 1.90. The molecule has 0 radical (unpaired) electrons. The highest BCUT2D eigenvalue weighted by atomic mass is 15.4. The molecule has 1 aliphatic heterocycles. The zero-order chi connectivity index (χ0) is 19.8. The largest absolute Gasteiger partial charge is 0.352 e. The summed E-state index contributed by atoms with van der Waals surface area (Å²) in [5, 5.41) is 18.9. The predicted molar refractivity (Wildman–Crippen MR) is 112 cm³/mol. The lowest BCUT2D eigenvalue weighted by molar-refractivity contribution is 0.733. The Hall–Kier alpha value is -3.76. The highest BCUT2D eigenvalue weighted by molar-refractivity contribution is 5.87. The molecule has 0 unspecified atom stereocenters. The SMILES string of the molecule is Cc1ccc(-c2ccccc2)cc1N1c2cc(C#N)c(C#N)cc2N(C)[C@@H]1C. The maximum atomic E-state index is 9.48. The van der Waals surface area contributed by atoms with E-state index in [1.54, 1.807) is 0 Å². The first-order valence-corrected chi connectivity index (χ1v) is 9.21. The van der Waals surface area contributed by atoms with Gasteiger partial charge in [-0.3, -0.25) is 0 Å². The van der Waals surface area contributed by atoms with Crippen LogP contribution < -0.4 is 9.80 Å². The lowest BCUT2D eigenvalue weighted by atomic mass is 10.0. The molecule has 28 heavy (non-hydrogen) atoms. The molecule has 1 aliphatic rings. The molecule has 0 bridgehead atoms. The van der Waals surface area contributed by atoms with Crippen molar-refractivity contribution in [1.82, 2.24) is 0 Å². The van der Waals surface area contributed by atoms with Crippen LogP contribution in [-0.2, 0) is 0 Å². The number of hydrogen-bond acceptors (Lipinski definition) is 4. The maximum Gasteiger partial charge on any atom is 0.103 e. The minimum absolute atomic E-state index is 0.0696. The summed E-state index contributed by atoms with van der Waals surface area (Å²) >= 11 is 0. The number of benzene rings is 3. The zero-order valence-corrected chi connectivity index (χ0v) is 16.1. The van der Waals surface area contributed by atoms with E-state index in [9.17, 15) is 10.5 Å². The molecule has 3 aromatic rings. The molecule has 0 aliphatic carbocycles. The highest BCUT2D eigenvalue weighted by Crippen LogP contribution is 2.46. The van der Waals surface area contributed by atoms with Crippen molar-refractivity contribution in [3.05, 3.63) is 77.4 Å². The third-order valence-electron chi connectivity index (χ3n) is 5.51. The van der Waals surface area contributed by atoms with Crippen LogP contribution in [-0.4, -0.2) is 13.2 Å². The van der Waals surface area contributed by atoms with Crippen molar-refractivity contribution < 1.29 is 0 Å². The Bertz CT molecular complexity index is 1140. The van der Waals surface area contributed by atoms with Gasteiger partial charge in [-0.25, -0.2) is 0 Å². The number of hydrogen-bond donors (Lipinski definition) is 0. The van der Waals surface area contributed by atoms with Gasteiger partial charge in [0.2, 0.25) is 0 Å². The fraction of sp³-hybridized carbons (Fsp3) is 0.167. The van der Waals surface area contributed by atoms with Gasteiger partial charge in [-0.05, 0) is 48.7 Å². The molecule has 4 rings (SSSR count). The quantitative estimate of drug-likeness (QED) is 0.616. The number of nitriles is 2. The Kier molecular flexibility index (Phi) is 4.26. The Morgan fingerprint density at radius 1 is 0.786 bits per heavy atom. The second-order valence-corrected chi connectivity index (χ2v) is 7.09. The van der Waals surface area contributed by atoms with E-state index >= 15 is 0 Å². The van der Waals surface area contributed by atoms with Crippen molar-refractivity contribution in [3.63, 3.8) is 0 Å². The third kappa shape index (κ3) is 2.68. The molecule has 3 aromatic carbocycles. The predicted octanol–water partition coefficient (Wildman–Crippen LogP) is 5.34. The standard InChI is InChI=1S/C24H20N4/c1-16-9-10-19(18-7-5-4-6-8-18)11-22(16)28-17(2)27(3)23-12-20(14-25)21(15-26)13-24(23)28/h4-13,17H,1-3H3/t17-/m0/s1. The number of nitrogens with zero attached hydrogens (tertiary/aromatic N) is 4. The van der Waals surface area contributed by atoms with Crippen molar-refractivity contribution in [2.75, 3.05) is 16.8 Å². The van der Waals surface area contributed by atoms with Gasteiger partial charge in [0.15, 0.2) is 0 Å². The van der Waals surface area contributed by atoms with Gasteiger partial charge in [0.1, 0.15) is 18.3 Å². The molecule has 0 N–H and O–H groups in total. The normalized spacial score (nSPS) is 15.1. The molecule has 0 saturated carbocycles. The van der Waals surface area contributed by atoms with Crippen molar-refractivity contribution in [3.8, 4) is 23.3 Å². The highest BCUT2D eigenvalue weighted by Gasteiger charge is 2.33. The lowest BCUT2D eigenvalue weighted by Gasteiger charge is -2.29. The first kappa shape index (κ1) is 17.6. The van der Waals surface area contributed by atoms with E-state index in [1.807, 2.05) is 37.4 Å². The van der Waals surface area contributed by atoms with E-state index in [0.29, 0.717) is 11.1 Å². The van der Waals surface area contributed by atoms with E-state index in [2.05, 4.69) is 66.1 Å². The summed E-state index contributed by atoms with van der Waals surface area (Å²) in [5.41, 5.74) is 7.33. The van der Waals surface area contributed by atoms with Gasteiger partial charge in [-0.2, -0.15) is 10.5 Å². The van der Waals surface area contributed by atoms with Gasteiger partial charge >= 0.3 is 0 Å². The zero-order valence-electron chi connectivity index (χ0n) is 16.1. The van der Waals surface area contributed by atoms with E-state index < -0.39 is 0 Å². The second kappa shape index (κ2) is 6.76. The summed E-state index contributed by atoms with van der Waals surface area (Å²) in [4.78, 5) is 4.39. The van der Waals surface area contributed by atoms with Crippen molar-refractivity contribution in [2.24, 2.45) is 0 Å². The van der Waals surface area contributed by atoms with Gasteiger partial charge < -0.3 is 9.80 Å². The average molecular weight is 364 g/mol. The summed E-state index contributed by atoms with van der Waals surface area (Å²) in [7, 11) is 2.02. The van der Waals surface area contributed by atoms with Crippen LogP contribution in [0.15, 0.2) is 60.7 Å². The van der Waals surface area contributed by atoms with E-state index in [4.69, 9.17) is 0 Å². The van der Waals surface area contributed by atoms with Gasteiger partial charge in [0.25, 0.3) is 0 Å². The molecule has 1 heterocycles.